The number of nitrogen functional groups attached to an aromatic ring is 1. The Morgan fingerprint density at radius 1 is 1.03 bits per heavy atom. The number of hydrazine groups is 1. The van der Waals surface area contributed by atoms with Crippen LogP contribution < -0.4 is 21.9 Å². The summed E-state index contributed by atoms with van der Waals surface area (Å²) in [4.78, 5) is 13.6. The van der Waals surface area contributed by atoms with Gasteiger partial charge in [-0.1, -0.05) is 49.6 Å². The zero-order valence-corrected chi connectivity index (χ0v) is 20.9. The summed E-state index contributed by atoms with van der Waals surface area (Å²) in [5.41, 5.74) is 10.5. The van der Waals surface area contributed by atoms with Gasteiger partial charge in [0.1, 0.15) is 0 Å². The van der Waals surface area contributed by atoms with Gasteiger partial charge in [-0.05, 0) is 42.7 Å². The number of aromatic nitrogens is 3. The Morgan fingerprint density at radius 3 is 2.71 bits per heavy atom. The number of rotatable bonds is 7. The van der Waals surface area contributed by atoms with Crippen LogP contribution in [-0.4, -0.2) is 27.7 Å². The number of fused-ring (bicyclic) bond motifs is 1. The van der Waals surface area contributed by atoms with Crippen LogP contribution in [0.15, 0.2) is 67.0 Å². The summed E-state index contributed by atoms with van der Waals surface area (Å²) in [6, 6.07) is 18.5. The van der Waals surface area contributed by atoms with E-state index in [0.717, 1.165) is 27.7 Å². The number of nitrogens with zero attached hydrogens (tertiary/aromatic N) is 4. The fourth-order valence-corrected chi connectivity index (χ4v) is 7.08. The summed E-state index contributed by atoms with van der Waals surface area (Å²) in [5, 5.41) is 3.86. The van der Waals surface area contributed by atoms with E-state index in [4.69, 9.17) is 21.1 Å². The van der Waals surface area contributed by atoms with Crippen molar-refractivity contribution in [3.63, 3.8) is 0 Å². The van der Waals surface area contributed by atoms with Crippen molar-refractivity contribution < 1.29 is 4.52 Å². The molecule has 0 spiro atoms. The lowest BCUT2D eigenvalue weighted by atomic mass is 10.0. The molecular weight excluding hydrogens is 455 g/mol. The average Bonchev–Trinajstić information content (AvgIpc) is 2.90. The standard InChI is InChI=1S/C27H31N6OP/c1-34-35(22-9-3-2-4-10-22)23-11-5-7-21(16-23)25-17-31-26(28)27(32-25)33(29)18-19-12-13-24-20(15-19)8-6-14-30-24/h5-8,11-17,22H,2-4,9-10,18,29H2,1H3,(H2,28,31). The van der Waals surface area contributed by atoms with Crippen LogP contribution in [0.25, 0.3) is 22.2 Å². The predicted molar refractivity (Wildman–Crippen MR) is 144 cm³/mol. The van der Waals surface area contributed by atoms with Crippen molar-refractivity contribution in [2.45, 2.75) is 44.3 Å². The highest BCUT2D eigenvalue weighted by atomic mass is 31.1. The Kier molecular flexibility index (Phi) is 7.19. The second kappa shape index (κ2) is 10.6. The van der Waals surface area contributed by atoms with E-state index in [1.54, 1.807) is 17.4 Å². The molecule has 1 fully saturated rings. The van der Waals surface area contributed by atoms with Gasteiger partial charge in [0.15, 0.2) is 11.6 Å². The molecule has 2 aromatic carbocycles. The lowest BCUT2D eigenvalue weighted by Gasteiger charge is -2.29. The molecular formula is C27H31N6OP. The molecule has 8 heteroatoms. The SMILES string of the molecule is COP(c1cccc(-c2cnc(N)c(N(N)Cc3ccc4ncccc4c3)n2)c1)C1CCCCC1. The lowest BCUT2D eigenvalue weighted by molar-refractivity contribution is 0.431. The summed E-state index contributed by atoms with van der Waals surface area (Å²) >= 11 is 0. The minimum Gasteiger partial charge on any atom is -0.381 e. The molecule has 1 atom stereocenters. The number of pyridine rings is 1. The van der Waals surface area contributed by atoms with Gasteiger partial charge in [0.2, 0.25) is 0 Å². The van der Waals surface area contributed by atoms with E-state index < -0.39 is 8.15 Å². The van der Waals surface area contributed by atoms with Crippen molar-refractivity contribution >= 4 is 36.0 Å². The van der Waals surface area contributed by atoms with Gasteiger partial charge in [0.25, 0.3) is 0 Å². The molecule has 0 bridgehead atoms. The molecule has 7 nitrogen and oxygen atoms in total. The molecule has 4 N–H and O–H groups in total. The van der Waals surface area contributed by atoms with E-state index in [1.165, 1.54) is 37.4 Å². The largest absolute Gasteiger partial charge is 0.381 e. The molecule has 1 unspecified atom stereocenters. The fourth-order valence-electron chi connectivity index (χ4n) is 4.82. The van der Waals surface area contributed by atoms with Crippen LogP contribution in [0.3, 0.4) is 0 Å². The Labute approximate surface area is 207 Å². The molecule has 0 radical (unpaired) electrons. The van der Waals surface area contributed by atoms with Crippen molar-refractivity contribution in [1.82, 2.24) is 15.0 Å². The Balaban J connectivity index is 1.40. The van der Waals surface area contributed by atoms with E-state index in [9.17, 15) is 0 Å². The molecule has 4 aromatic rings. The van der Waals surface area contributed by atoms with Gasteiger partial charge >= 0.3 is 0 Å². The maximum absolute atomic E-state index is 6.43. The zero-order chi connectivity index (χ0) is 24.2. The minimum atomic E-state index is -0.666. The topological polar surface area (TPSA) is 103 Å². The van der Waals surface area contributed by atoms with Crippen LogP contribution in [0.5, 0.6) is 0 Å². The van der Waals surface area contributed by atoms with Crippen molar-refractivity contribution in [3.8, 4) is 11.3 Å². The predicted octanol–water partition coefficient (Wildman–Crippen LogP) is 5.16. The molecule has 2 heterocycles. The van der Waals surface area contributed by atoms with E-state index in [0.29, 0.717) is 23.8 Å². The van der Waals surface area contributed by atoms with E-state index >= 15 is 0 Å². The van der Waals surface area contributed by atoms with Crippen LogP contribution in [0.1, 0.15) is 37.7 Å². The number of hydrogen-bond donors (Lipinski definition) is 2. The van der Waals surface area contributed by atoms with Crippen molar-refractivity contribution in [2.24, 2.45) is 5.84 Å². The molecule has 180 valence electrons. The molecule has 0 aliphatic heterocycles. The van der Waals surface area contributed by atoms with Gasteiger partial charge in [0, 0.05) is 35.2 Å². The van der Waals surface area contributed by atoms with Crippen LogP contribution in [-0.2, 0) is 11.1 Å². The van der Waals surface area contributed by atoms with E-state index in [2.05, 4.69) is 40.3 Å². The lowest BCUT2D eigenvalue weighted by Crippen LogP contribution is -2.32. The van der Waals surface area contributed by atoms with Crippen LogP contribution >= 0.6 is 8.15 Å². The average molecular weight is 487 g/mol. The summed E-state index contributed by atoms with van der Waals surface area (Å²) < 4.78 is 6.02. The normalized spacial score (nSPS) is 15.3. The zero-order valence-electron chi connectivity index (χ0n) is 20.0. The third kappa shape index (κ3) is 5.27. The second-order valence-electron chi connectivity index (χ2n) is 8.97. The molecule has 5 rings (SSSR count). The molecule has 2 aromatic heterocycles. The van der Waals surface area contributed by atoms with Crippen LogP contribution in [0, 0.1) is 0 Å². The van der Waals surface area contributed by atoms with Crippen LogP contribution in [0.2, 0.25) is 0 Å². The molecule has 0 saturated heterocycles. The van der Waals surface area contributed by atoms with Gasteiger partial charge in [-0.25, -0.2) is 15.8 Å². The van der Waals surface area contributed by atoms with E-state index in [-0.39, 0.29) is 0 Å². The molecule has 0 amide bonds. The summed E-state index contributed by atoms with van der Waals surface area (Å²) in [6.45, 7) is 0.448. The first-order chi connectivity index (χ1) is 17.1. The number of nitrogens with two attached hydrogens (primary N) is 2. The highest BCUT2D eigenvalue weighted by Crippen LogP contribution is 2.47. The maximum Gasteiger partial charge on any atom is 0.186 e. The first-order valence-electron chi connectivity index (χ1n) is 12.0. The van der Waals surface area contributed by atoms with Gasteiger partial charge < -0.3 is 10.3 Å². The molecule has 1 aliphatic carbocycles. The third-order valence-electron chi connectivity index (χ3n) is 6.57. The smallest absolute Gasteiger partial charge is 0.186 e. The van der Waals surface area contributed by atoms with Gasteiger partial charge in [-0.2, -0.15) is 0 Å². The fraction of sp³-hybridized carbons (Fsp3) is 0.296. The van der Waals surface area contributed by atoms with Crippen molar-refractivity contribution in [3.05, 3.63) is 72.6 Å². The number of hydrogen-bond acceptors (Lipinski definition) is 7. The Bertz CT molecular complexity index is 1310. The first-order valence-corrected chi connectivity index (χ1v) is 13.4. The molecule has 1 aliphatic rings. The maximum atomic E-state index is 6.43. The van der Waals surface area contributed by atoms with Gasteiger partial charge in [0.05, 0.1) is 32.1 Å². The summed E-state index contributed by atoms with van der Waals surface area (Å²) in [7, 11) is 1.17. The van der Waals surface area contributed by atoms with Gasteiger partial charge in [-0.3, -0.25) is 9.99 Å². The summed E-state index contributed by atoms with van der Waals surface area (Å²) in [6.07, 6.45) is 9.89. The highest BCUT2D eigenvalue weighted by Gasteiger charge is 2.25. The van der Waals surface area contributed by atoms with E-state index in [1.807, 2.05) is 31.4 Å². The molecule has 35 heavy (non-hydrogen) atoms. The second-order valence-corrected chi connectivity index (χ2v) is 11.2. The monoisotopic (exact) mass is 486 g/mol. The molecule has 1 saturated carbocycles. The number of anilines is 2. The summed E-state index contributed by atoms with van der Waals surface area (Å²) in [5.74, 6) is 7.20. The Morgan fingerprint density at radius 2 is 1.89 bits per heavy atom. The number of benzene rings is 2. The van der Waals surface area contributed by atoms with Crippen LogP contribution in [0.4, 0.5) is 11.6 Å². The quantitative estimate of drug-likeness (QED) is 0.211. The first kappa shape index (κ1) is 23.6. The van der Waals surface area contributed by atoms with Gasteiger partial charge in [-0.15, -0.1) is 0 Å². The third-order valence-corrected chi connectivity index (χ3v) is 8.93. The van der Waals surface area contributed by atoms with Crippen molar-refractivity contribution in [2.75, 3.05) is 17.9 Å². The Hall–Kier alpha value is -3.12. The minimum absolute atomic E-state index is 0.302. The highest BCUT2D eigenvalue weighted by molar-refractivity contribution is 7.61. The van der Waals surface area contributed by atoms with Crippen molar-refractivity contribution in [1.29, 1.82) is 0 Å².